The number of aldehydes is 5. The van der Waals surface area contributed by atoms with Crippen molar-refractivity contribution in [2.24, 2.45) is 0 Å². The zero-order valence-electron chi connectivity index (χ0n) is 71.5. The van der Waals surface area contributed by atoms with Gasteiger partial charge in [0.15, 0.2) is 11.5 Å². The Morgan fingerprint density at radius 3 is 0.888 bits per heavy atom. The summed E-state index contributed by atoms with van der Waals surface area (Å²) in [5.74, 6) is 7.96. The van der Waals surface area contributed by atoms with E-state index in [0.29, 0.717) is 45.2 Å². The number of unbranched alkanes of at least 4 members (excludes halogenated alkanes) is 10. The van der Waals surface area contributed by atoms with Crippen molar-refractivity contribution in [2.75, 3.05) is 33.0 Å². The number of aromatic nitrogens is 4. The van der Waals surface area contributed by atoms with Gasteiger partial charge in [-0.3, -0.25) is 24.0 Å². The topological polar surface area (TPSA) is 222 Å². The Bertz CT molecular complexity index is 4840. The molecule has 0 N–H and O–H groups in total. The van der Waals surface area contributed by atoms with Crippen LogP contribution in [0.3, 0.4) is 0 Å². The molecule has 0 radical (unpaired) electrons. The zero-order valence-corrected chi connectivity index (χ0v) is 73.1. The fourth-order valence-electron chi connectivity index (χ4n) is 12.7. The maximum Gasteiger partial charge on any atom is 0.226 e. The lowest BCUT2D eigenvalue weighted by Gasteiger charge is -2.06. The van der Waals surface area contributed by atoms with E-state index < -0.39 is 0 Å². The summed E-state index contributed by atoms with van der Waals surface area (Å²) in [7, 11) is 0. The van der Waals surface area contributed by atoms with Gasteiger partial charge in [0.25, 0.3) is 0 Å². The molecule has 0 saturated carbocycles. The summed E-state index contributed by atoms with van der Waals surface area (Å²) in [6, 6.07) is 86.8. The number of oxazole rings is 1. The fourth-order valence-corrected chi connectivity index (χ4v) is 14.6. The molecule has 15 rings (SSSR count). The van der Waals surface area contributed by atoms with Gasteiger partial charge < -0.3 is 37.0 Å². The third-order valence-electron chi connectivity index (χ3n) is 20.0. The van der Waals surface area contributed by atoms with Crippen molar-refractivity contribution < 1.29 is 61.0 Å². The number of nitrogens with zero attached hydrogens (tertiary/aromatic N) is 4. The van der Waals surface area contributed by atoms with Crippen molar-refractivity contribution in [3.05, 3.63) is 307 Å². The van der Waals surface area contributed by atoms with Gasteiger partial charge in [0.05, 0.1) is 39.2 Å². The first-order chi connectivity index (χ1) is 61.5. The molecule has 17 nitrogen and oxygen atoms in total. The first kappa shape index (κ1) is 92.2. The maximum absolute atomic E-state index is 10.8. The second-order valence-corrected chi connectivity index (χ2v) is 31.5. The minimum absolute atomic E-state index is 0.562. The summed E-state index contributed by atoms with van der Waals surface area (Å²) in [4.78, 5) is 60.5. The van der Waals surface area contributed by atoms with E-state index in [1.807, 2.05) is 200 Å². The number of ether oxygens (including phenoxy) is 5. The van der Waals surface area contributed by atoms with Gasteiger partial charge in [-0.05, 0) is 189 Å². The largest absolute Gasteiger partial charge is 0.494 e. The number of carbonyl (C=O) groups excluding carboxylic acids is 5. The van der Waals surface area contributed by atoms with Crippen molar-refractivity contribution in [2.45, 2.75) is 131 Å². The van der Waals surface area contributed by atoms with Crippen LogP contribution in [-0.4, -0.2) is 84.8 Å². The van der Waals surface area contributed by atoms with Gasteiger partial charge in [0.1, 0.15) is 87.4 Å². The lowest BCUT2D eigenvalue weighted by Crippen LogP contribution is -1.96. The lowest BCUT2D eigenvalue weighted by atomic mass is 10.1. The van der Waals surface area contributed by atoms with Gasteiger partial charge >= 0.3 is 0 Å². The van der Waals surface area contributed by atoms with Crippen LogP contribution in [0.1, 0.15) is 183 Å². The molecule has 5 heterocycles. The summed E-state index contributed by atoms with van der Waals surface area (Å²) in [6.07, 6.45) is 23.3. The molecular weight excluding hydrogens is 1600 g/mol. The van der Waals surface area contributed by atoms with E-state index in [1.54, 1.807) is 66.1 Å². The van der Waals surface area contributed by atoms with Crippen molar-refractivity contribution >= 4 is 54.1 Å². The molecule has 0 unspecified atom stereocenters. The average molecular weight is 1710 g/mol. The number of thiophene rings is 1. The molecule has 0 bridgehead atoms. The molecule has 0 aliphatic rings. The van der Waals surface area contributed by atoms with Gasteiger partial charge in [-0.15, -0.1) is 21.5 Å². The zero-order chi connectivity index (χ0) is 87.4. The molecule has 0 saturated heterocycles. The average Bonchev–Trinajstić information content (AvgIpc) is 1.72. The molecular formula is C106H106N4O13S2. The van der Waals surface area contributed by atoms with Crippen LogP contribution in [-0.2, 0) is 0 Å². The lowest BCUT2D eigenvalue weighted by molar-refractivity contribution is 0.111. The third kappa shape index (κ3) is 29.1. The minimum Gasteiger partial charge on any atom is -0.494 e. The van der Waals surface area contributed by atoms with Crippen molar-refractivity contribution in [3.8, 4) is 139 Å². The summed E-state index contributed by atoms with van der Waals surface area (Å²) >= 11 is 3.29. The molecule has 0 aliphatic heterocycles. The van der Waals surface area contributed by atoms with E-state index >= 15 is 0 Å². The smallest absolute Gasteiger partial charge is 0.226 e. The second kappa shape index (κ2) is 50.8. The number of furan rings is 1. The highest BCUT2D eigenvalue weighted by Gasteiger charge is 2.15. The van der Waals surface area contributed by atoms with E-state index in [9.17, 15) is 24.0 Å². The normalized spacial score (nSPS) is 10.6. The maximum atomic E-state index is 10.8. The first-order valence-corrected chi connectivity index (χ1v) is 44.5. The Kier molecular flexibility index (Phi) is 37.5. The van der Waals surface area contributed by atoms with Crippen LogP contribution in [0.2, 0.25) is 0 Å². The van der Waals surface area contributed by atoms with Crippen LogP contribution in [0.5, 0.6) is 28.7 Å². The van der Waals surface area contributed by atoms with Crippen molar-refractivity contribution in [3.63, 3.8) is 0 Å². The molecule has 0 amide bonds. The van der Waals surface area contributed by atoms with Gasteiger partial charge in [-0.25, -0.2) is 4.98 Å². The molecule has 0 spiro atoms. The molecule has 19 heteroatoms. The molecule has 0 atom stereocenters. The number of benzene rings is 10. The highest BCUT2D eigenvalue weighted by molar-refractivity contribution is 7.19. The van der Waals surface area contributed by atoms with E-state index in [-0.39, 0.29) is 0 Å². The quantitative estimate of drug-likeness (QED) is 0.0257. The molecule has 0 aliphatic carbocycles. The van der Waals surface area contributed by atoms with Gasteiger partial charge in [0, 0.05) is 88.1 Å². The summed E-state index contributed by atoms with van der Waals surface area (Å²) in [6.45, 7) is 14.7. The fraction of sp³-hybridized carbons (Fsp3) is 0.236. The second-order valence-electron chi connectivity index (χ2n) is 29.4. The third-order valence-corrected chi connectivity index (χ3v) is 22.2. The first-order valence-electron chi connectivity index (χ1n) is 42.9. The van der Waals surface area contributed by atoms with Crippen molar-refractivity contribution in [1.82, 2.24) is 20.3 Å². The number of hydrogen-bond donors (Lipinski definition) is 0. The van der Waals surface area contributed by atoms with E-state index in [4.69, 9.17) is 37.0 Å². The summed E-state index contributed by atoms with van der Waals surface area (Å²) < 4.78 is 45.9. The molecule has 15 aromatic rings. The summed E-state index contributed by atoms with van der Waals surface area (Å²) in [5.41, 5.74) is 14.0. The number of rotatable bonds is 40. The van der Waals surface area contributed by atoms with Crippen molar-refractivity contribution in [1.29, 1.82) is 0 Å². The van der Waals surface area contributed by atoms with Crippen LogP contribution in [0.25, 0.3) is 110 Å². The van der Waals surface area contributed by atoms with E-state index in [0.717, 1.165) is 203 Å². The standard InChI is InChI=1S/C22H22O3.C22H22O2S.2C21H21NO3.C20H20N2O2S/c2*1-2-3-4-15-24-20-11-9-19(10-12-20)22-14-13-21(25-22)18-7-5-17(16-23)6-8-18;1-2-3-4-13-24-19-11-9-18(10-12-19)21-22-14-20(25-21)17-7-5-16(15-23)6-8-17;1-2-3-4-13-24-19-11-9-18(10-12-19)21-14-20(22-25-21)17-7-5-16(15-23)6-8-17;1-2-3-4-13-24-18-11-9-17(10-12-18)20-22-21-19(25-20)16-7-5-15(14-23)6-8-16/h2*5-14,16H,2-4,15H2,1H3;2*5-12,14-15H,2-4,13H2,1H3;5-12,14H,2-4,13H2,1H3. The highest BCUT2D eigenvalue weighted by atomic mass is 32.1. The number of carbonyl (C=O) groups is 5. The Balaban J connectivity index is 0.000000152. The monoisotopic (exact) mass is 1710 g/mol. The van der Waals surface area contributed by atoms with Crippen LogP contribution in [0, 0.1) is 0 Å². The predicted molar refractivity (Wildman–Crippen MR) is 502 cm³/mol. The van der Waals surface area contributed by atoms with Crippen LogP contribution < -0.4 is 23.7 Å². The Hall–Kier alpha value is -13.5. The van der Waals surface area contributed by atoms with E-state index in [2.05, 4.69) is 79.2 Å². The Morgan fingerprint density at radius 2 is 0.552 bits per heavy atom. The van der Waals surface area contributed by atoms with Gasteiger partial charge in [0.2, 0.25) is 5.89 Å². The highest BCUT2D eigenvalue weighted by Crippen LogP contribution is 2.38. The van der Waals surface area contributed by atoms with Crippen LogP contribution in [0.4, 0.5) is 0 Å². The SMILES string of the molecule is CCCCCOc1ccc(-c2cc(-c3ccc(C=O)cc3)no2)cc1.CCCCCOc1ccc(-c2ccc(-c3ccc(C=O)cc3)o2)cc1.CCCCCOc1ccc(-c2ccc(-c3ccc(C=O)cc3)s2)cc1.CCCCCOc1ccc(-c2ncc(-c3ccc(C=O)cc3)o2)cc1.CCCCCOc1ccc(-c2nnc(-c3ccc(C=O)cc3)s2)cc1. The van der Waals surface area contributed by atoms with Gasteiger partial charge in [-0.2, -0.15) is 0 Å². The van der Waals surface area contributed by atoms with Crippen LogP contribution in [0.15, 0.2) is 293 Å². The minimum atomic E-state index is 0.562. The molecule has 10 aromatic carbocycles. The Labute approximate surface area is 740 Å². The molecule has 125 heavy (non-hydrogen) atoms. The predicted octanol–water partition coefficient (Wildman–Crippen LogP) is 28.5. The molecule has 640 valence electrons. The molecule has 5 aromatic heterocycles. The number of hydrogen-bond acceptors (Lipinski definition) is 19. The van der Waals surface area contributed by atoms with E-state index in [1.165, 1.54) is 90.9 Å². The summed E-state index contributed by atoms with van der Waals surface area (Å²) in [5, 5.41) is 14.4. The van der Waals surface area contributed by atoms with Gasteiger partial charge in [-0.1, -0.05) is 237 Å². The Morgan fingerprint density at radius 1 is 0.272 bits per heavy atom. The van der Waals surface area contributed by atoms with Crippen LogP contribution >= 0.6 is 22.7 Å². The molecule has 0 fully saturated rings.